The van der Waals surface area contributed by atoms with Gasteiger partial charge >= 0.3 is 0 Å². The Balaban J connectivity index is 2.25. The number of rotatable bonds is 3. The fourth-order valence-corrected chi connectivity index (χ4v) is 2.94. The molecule has 0 aliphatic carbocycles. The van der Waals surface area contributed by atoms with Crippen molar-refractivity contribution in [2.24, 2.45) is 0 Å². The van der Waals surface area contributed by atoms with Gasteiger partial charge in [0.25, 0.3) is 0 Å². The van der Waals surface area contributed by atoms with E-state index in [1.165, 1.54) is 19.3 Å². The number of hydrogen-bond donors (Lipinski definition) is 1. The van der Waals surface area contributed by atoms with E-state index in [-0.39, 0.29) is 6.61 Å². The van der Waals surface area contributed by atoms with Gasteiger partial charge in [0.05, 0.1) is 17.3 Å². The van der Waals surface area contributed by atoms with Crippen molar-refractivity contribution in [1.82, 2.24) is 0 Å². The molecule has 0 bridgehead atoms. The van der Waals surface area contributed by atoms with Crippen LogP contribution in [-0.4, -0.2) is 17.7 Å². The first-order valence-corrected chi connectivity index (χ1v) is 6.80. The van der Waals surface area contributed by atoms with Crippen LogP contribution in [0.3, 0.4) is 0 Å². The number of anilines is 1. The minimum atomic E-state index is 0.0528. The lowest BCUT2D eigenvalue weighted by Crippen LogP contribution is -2.39. The summed E-state index contributed by atoms with van der Waals surface area (Å²) in [5.74, 6) is 0. The van der Waals surface area contributed by atoms with Crippen molar-refractivity contribution < 1.29 is 5.11 Å². The van der Waals surface area contributed by atoms with E-state index in [1.54, 1.807) is 0 Å². The molecule has 0 amide bonds. The van der Waals surface area contributed by atoms with Crippen molar-refractivity contribution in [2.45, 2.75) is 45.3 Å². The van der Waals surface area contributed by atoms with E-state index >= 15 is 0 Å². The topological polar surface area (TPSA) is 23.5 Å². The van der Waals surface area contributed by atoms with E-state index < -0.39 is 0 Å². The Morgan fingerprint density at radius 3 is 2.88 bits per heavy atom. The molecule has 1 aliphatic rings. The lowest BCUT2D eigenvalue weighted by Gasteiger charge is -2.37. The number of piperidine rings is 1. The van der Waals surface area contributed by atoms with Crippen molar-refractivity contribution in [2.75, 3.05) is 11.4 Å². The third kappa shape index (κ3) is 2.75. The van der Waals surface area contributed by atoms with Gasteiger partial charge in [-0.25, -0.2) is 0 Å². The quantitative estimate of drug-likeness (QED) is 0.890. The zero-order chi connectivity index (χ0) is 12.3. The molecule has 1 aromatic rings. The van der Waals surface area contributed by atoms with E-state index in [1.807, 2.05) is 18.2 Å². The molecule has 17 heavy (non-hydrogen) atoms. The third-order valence-corrected chi connectivity index (χ3v) is 3.91. The van der Waals surface area contributed by atoms with Crippen LogP contribution in [0.4, 0.5) is 5.69 Å². The van der Waals surface area contributed by atoms with Crippen molar-refractivity contribution in [3.63, 3.8) is 0 Å². The molecule has 3 heteroatoms. The summed E-state index contributed by atoms with van der Waals surface area (Å²) < 4.78 is 0. The molecule has 0 radical (unpaired) electrons. The van der Waals surface area contributed by atoms with Gasteiger partial charge in [-0.3, -0.25) is 0 Å². The van der Waals surface area contributed by atoms with Crippen molar-refractivity contribution in [1.29, 1.82) is 0 Å². The Bertz CT molecular complexity index is 380. The predicted molar refractivity (Wildman–Crippen MR) is 72.7 cm³/mol. The standard InChI is InChI=1S/C14H20ClNO/c1-2-12-5-3-4-8-16(12)14-7-6-11(10-17)9-13(14)15/h6-7,9,12,17H,2-5,8,10H2,1H3. The van der Waals surface area contributed by atoms with Crippen LogP contribution >= 0.6 is 11.6 Å². The Labute approximate surface area is 108 Å². The van der Waals surface area contributed by atoms with Crippen molar-refractivity contribution in [3.8, 4) is 0 Å². The van der Waals surface area contributed by atoms with Gasteiger partial charge in [-0.15, -0.1) is 0 Å². The van der Waals surface area contributed by atoms with Gasteiger partial charge in [0.1, 0.15) is 0 Å². The first-order chi connectivity index (χ1) is 8.26. The molecule has 1 atom stereocenters. The van der Waals surface area contributed by atoms with E-state index in [2.05, 4.69) is 11.8 Å². The molecule has 1 unspecified atom stereocenters. The zero-order valence-electron chi connectivity index (χ0n) is 10.3. The third-order valence-electron chi connectivity index (χ3n) is 3.60. The molecule has 1 fully saturated rings. The van der Waals surface area contributed by atoms with E-state index in [0.29, 0.717) is 6.04 Å². The average molecular weight is 254 g/mol. The summed E-state index contributed by atoms with van der Waals surface area (Å²) in [5.41, 5.74) is 2.00. The van der Waals surface area contributed by atoms with Gasteiger partial charge in [0.2, 0.25) is 0 Å². The van der Waals surface area contributed by atoms with Crippen molar-refractivity contribution >= 4 is 17.3 Å². The van der Waals surface area contributed by atoms with Crippen LogP contribution < -0.4 is 4.90 Å². The van der Waals surface area contributed by atoms with E-state index in [4.69, 9.17) is 16.7 Å². The number of nitrogens with zero attached hydrogens (tertiary/aromatic N) is 1. The molecule has 0 saturated carbocycles. The minimum absolute atomic E-state index is 0.0528. The van der Waals surface area contributed by atoms with Crippen LogP contribution in [0.25, 0.3) is 0 Å². The zero-order valence-corrected chi connectivity index (χ0v) is 11.1. The van der Waals surface area contributed by atoms with Crippen LogP contribution in [0, 0.1) is 0 Å². The fourth-order valence-electron chi connectivity index (χ4n) is 2.62. The highest BCUT2D eigenvalue weighted by Gasteiger charge is 2.22. The summed E-state index contributed by atoms with van der Waals surface area (Å²) in [6.07, 6.45) is 4.99. The highest BCUT2D eigenvalue weighted by molar-refractivity contribution is 6.33. The van der Waals surface area contributed by atoms with Crippen molar-refractivity contribution in [3.05, 3.63) is 28.8 Å². The van der Waals surface area contributed by atoms with Gasteiger partial charge in [0, 0.05) is 12.6 Å². The molecule has 94 valence electrons. The van der Waals surface area contributed by atoms with Crippen LogP contribution in [0.2, 0.25) is 5.02 Å². The summed E-state index contributed by atoms with van der Waals surface area (Å²) in [4.78, 5) is 2.42. The Kier molecular flexibility index (Phi) is 4.30. The minimum Gasteiger partial charge on any atom is -0.392 e. The number of benzene rings is 1. The second-order valence-electron chi connectivity index (χ2n) is 4.70. The number of aliphatic hydroxyl groups is 1. The predicted octanol–water partition coefficient (Wildman–Crippen LogP) is 3.60. The smallest absolute Gasteiger partial charge is 0.0682 e. The largest absolute Gasteiger partial charge is 0.392 e. The molecule has 0 spiro atoms. The number of halogens is 1. The van der Waals surface area contributed by atoms with Crippen LogP contribution in [0.1, 0.15) is 38.2 Å². The fraction of sp³-hybridized carbons (Fsp3) is 0.571. The SMILES string of the molecule is CCC1CCCCN1c1ccc(CO)cc1Cl. The summed E-state index contributed by atoms with van der Waals surface area (Å²) in [6.45, 7) is 3.38. The second-order valence-corrected chi connectivity index (χ2v) is 5.10. The Morgan fingerprint density at radius 1 is 1.41 bits per heavy atom. The number of hydrogen-bond acceptors (Lipinski definition) is 2. The van der Waals surface area contributed by atoms with Gasteiger partial charge in [-0.1, -0.05) is 24.6 Å². The highest BCUT2D eigenvalue weighted by atomic mass is 35.5. The molecule has 2 nitrogen and oxygen atoms in total. The maximum Gasteiger partial charge on any atom is 0.0682 e. The van der Waals surface area contributed by atoms with E-state index in [9.17, 15) is 0 Å². The molecule has 0 aromatic heterocycles. The molecule has 1 N–H and O–H groups in total. The molecule has 1 heterocycles. The highest BCUT2D eigenvalue weighted by Crippen LogP contribution is 2.32. The maximum absolute atomic E-state index is 9.09. The molecular weight excluding hydrogens is 234 g/mol. The first-order valence-electron chi connectivity index (χ1n) is 6.42. The van der Waals surface area contributed by atoms with Crippen LogP contribution in [0.5, 0.6) is 0 Å². The van der Waals surface area contributed by atoms with Gasteiger partial charge in [0.15, 0.2) is 0 Å². The Morgan fingerprint density at radius 2 is 2.24 bits per heavy atom. The molecule has 1 saturated heterocycles. The molecular formula is C14H20ClNO. The second kappa shape index (κ2) is 5.74. The first kappa shape index (κ1) is 12.7. The molecule has 2 rings (SSSR count). The number of aliphatic hydroxyl groups excluding tert-OH is 1. The van der Waals surface area contributed by atoms with Crippen LogP contribution in [0.15, 0.2) is 18.2 Å². The summed E-state index contributed by atoms with van der Waals surface area (Å²) in [5, 5.41) is 9.85. The lowest BCUT2D eigenvalue weighted by molar-refractivity contribution is 0.282. The lowest BCUT2D eigenvalue weighted by atomic mass is 9.99. The maximum atomic E-state index is 9.09. The van der Waals surface area contributed by atoms with Crippen LogP contribution in [-0.2, 0) is 6.61 Å². The summed E-state index contributed by atoms with van der Waals surface area (Å²) in [6, 6.07) is 6.49. The van der Waals surface area contributed by atoms with Gasteiger partial charge < -0.3 is 10.0 Å². The van der Waals surface area contributed by atoms with E-state index in [0.717, 1.165) is 29.2 Å². The monoisotopic (exact) mass is 253 g/mol. The Hall–Kier alpha value is -0.730. The van der Waals surface area contributed by atoms with Gasteiger partial charge in [-0.05, 0) is 43.4 Å². The average Bonchev–Trinajstić information content (AvgIpc) is 2.38. The molecule has 1 aromatic carbocycles. The molecule has 1 aliphatic heterocycles. The van der Waals surface area contributed by atoms with Gasteiger partial charge in [-0.2, -0.15) is 0 Å². The normalized spacial score (nSPS) is 20.6. The summed E-state index contributed by atoms with van der Waals surface area (Å²) >= 11 is 6.31. The summed E-state index contributed by atoms with van der Waals surface area (Å²) in [7, 11) is 0.